The highest BCUT2D eigenvalue weighted by Crippen LogP contribution is 2.16. The number of hydrogen-bond donors (Lipinski definition) is 2. The molecule has 1 atom stereocenters. The predicted octanol–water partition coefficient (Wildman–Crippen LogP) is 2.43. The molecule has 21 heavy (non-hydrogen) atoms. The minimum absolute atomic E-state index is 0.0988. The zero-order valence-electron chi connectivity index (χ0n) is 13.1. The van der Waals surface area contributed by atoms with Crippen LogP contribution in [0.3, 0.4) is 0 Å². The number of nitrogens with zero attached hydrogens (tertiary/aromatic N) is 1. The molecule has 1 unspecified atom stereocenters. The van der Waals surface area contributed by atoms with Crippen LogP contribution in [0, 0.1) is 13.8 Å². The molecule has 5 nitrogen and oxygen atoms in total. The lowest BCUT2D eigenvalue weighted by molar-refractivity contribution is -0.129. The molecule has 0 aromatic heterocycles. The van der Waals surface area contributed by atoms with Crippen molar-refractivity contribution < 1.29 is 9.59 Å². The average molecular weight is 289 g/mol. The van der Waals surface area contributed by atoms with Crippen LogP contribution < -0.4 is 10.6 Å². The van der Waals surface area contributed by atoms with E-state index in [1.807, 2.05) is 39.8 Å². The molecule has 1 aliphatic heterocycles. The highest BCUT2D eigenvalue weighted by atomic mass is 16.2. The summed E-state index contributed by atoms with van der Waals surface area (Å²) < 4.78 is 0. The molecule has 1 aliphatic rings. The maximum Gasteiger partial charge on any atom is 0.319 e. The Morgan fingerprint density at radius 3 is 2.38 bits per heavy atom. The van der Waals surface area contributed by atoms with E-state index in [-0.39, 0.29) is 24.0 Å². The van der Waals surface area contributed by atoms with Crippen molar-refractivity contribution in [1.29, 1.82) is 0 Å². The minimum Gasteiger partial charge on any atom is -0.338 e. The second kappa shape index (κ2) is 6.16. The molecule has 0 radical (unpaired) electrons. The van der Waals surface area contributed by atoms with Crippen molar-refractivity contribution in [3.63, 3.8) is 0 Å². The highest BCUT2D eigenvalue weighted by molar-refractivity contribution is 5.90. The first kappa shape index (κ1) is 15.4. The first-order valence-corrected chi connectivity index (χ1v) is 7.30. The number of carbonyl (C=O) groups excluding carboxylic acids is 2. The SMILES string of the molecule is Cc1cc(C)cc(NC(=O)NC2CC(=O)N(C(C)C)C2)c1. The number of aryl methyl sites for hydroxylation is 2. The molecule has 114 valence electrons. The summed E-state index contributed by atoms with van der Waals surface area (Å²) in [6.45, 7) is 8.53. The molecule has 1 saturated heterocycles. The zero-order valence-corrected chi connectivity index (χ0v) is 13.1. The van der Waals surface area contributed by atoms with Gasteiger partial charge in [-0.05, 0) is 51.0 Å². The lowest BCUT2D eigenvalue weighted by Crippen LogP contribution is -2.40. The number of anilines is 1. The number of likely N-dealkylation sites (tertiary alicyclic amines) is 1. The Morgan fingerprint density at radius 1 is 1.24 bits per heavy atom. The van der Waals surface area contributed by atoms with Gasteiger partial charge < -0.3 is 15.5 Å². The molecule has 0 spiro atoms. The molecule has 0 aliphatic carbocycles. The summed E-state index contributed by atoms with van der Waals surface area (Å²) in [5.41, 5.74) is 2.98. The van der Waals surface area contributed by atoms with E-state index in [9.17, 15) is 9.59 Å². The summed E-state index contributed by atoms with van der Waals surface area (Å²) >= 11 is 0. The summed E-state index contributed by atoms with van der Waals surface area (Å²) in [5, 5.41) is 5.70. The van der Waals surface area contributed by atoms with Crippen molar-refractivity contribution in [3.05, 3.63) is 29.3 Å². The summed E-state index contributed by atoms with van der Waals surface area (Å²) in [6.07, 6.45) is 0.373. The van der Waals surface area contributed by atoms with E-state index in [0.717, 1.165) is 16.8 Å². The van der Waals surface area contributed by atoms with Gasteiger partial charge in [0.2, 0.25) is 5.91 Å². The Kier molecular flexibility index (Phi) is 4.50. The normalized spacial score (nSPS) is 18.2. The van der Waals surface area contributed by atoms with Crippen LogP contribution in [0.15, 0.2) is 18.2 Å². The summed E-state index contributed by atoms with van der Waals surface area (Å²) in [7, 11) is 0. The monoisotopic (exact) mass is 289 g/mol. The molecule has 5 heteroatoms. The molecule has 1 heterocycles. The first-order valence-electron chi connectivity index (χ1n) is 7.30. The lowest BCUT2D eigenvalue weighted by Gasteiger charge is -2.21. The van der Waals surface area contributed by atoms with Gasteiger partial charge in [-0.25, -0.2) is 4.79 Å². The van der Waals surface area contributed by atoms with Crippen LogP contribution in [0.4, 0.5) is 10.5 Å². The Balaban J connectivity index is 1.92. The van der Waals surface area contributed by atoms with Crippen molar-refractivity contribution in [2.75, 3.05) is 11.9 Å². The summed E-state index contributed by atoms with van der Waals surface area (Å²) in [6, 6.07) is 5.69. The molecule has 0 bridgehead atoms. The third-order valence-electron chi connectivity index (χ3n) is 3.60. The van der Waals surface area contributed by atoms with Gasteiger partial charge in [-0.1, -0.05) is 6.07 Å². The fourth-order valence-electron chi connectivity index (χ4n) is 2.73. The Morgan fingerprint density at radius 2 is 1.86 bits per heavy atom. The topological polar surface area (TPSA) is 61.4 Å². The van der Waals surface area contributed by atoms with Gasteiger partial charge >= 0.3 is 6.03 Å². The smallest absolute Gasteiger partial charge is 0.319 e. The molecule has 3 amide bonds. The van der Waals surface area contributed by atoms with E-state index in [1.165, 1.54) is 0 Å². The summed E-state index contributed by atoms with van der Waals surface area (Å²) in [4.78, 5) is 25.6. The third kappa shape index (κ3) is 3.97. The number of amides is 3. The third-order valence-corrected chi connectivity index (χ3v) is 3.60. The van der Waals surface area contributed by atoms with Gasteiger partial charge in [0.05, 0.1) is 6.04 Å². The summed E-state index contributed by atoms with van der Waals surface area (Å²) in [5.74, 6) is 0.0988. The molecule has 2 rings (SSSR count). The molecule has 0 saturated carbocycles. The minimum atomic E-state index is -0.261. The number of urea groups is 1. The van der Waals surface area contributed by atoms with E-state index < -0.39 is 0 Å². The van der Waals surface area contributed by atoms with E-state index in [1.54, 1.807) is 4.90 Å². The van der Waals surface area contributed by atoms with Gasteiger partial charge in [0.15, 0.2) is 0 Å². The Hall–Kier alpha value is -2.04. The van der Waals surface area contributed by atoms with Crippen molar-refractivity contribution in [1.82, 2.24) is 10.2 Å². The van der Waals surface area contributed by atoms with Crippen LogP contribution in [0.5, 0.6) is 0 Å². The highest BCUT2D eigenvalue weighted by Gasteiger charge is 2.31. The fraction of sp³-hybridized carbons (Fsp3) is 0.500. The fourth-order valence-corrected chi connectivity index (χ4v) is 2.73. The number of nitrogens with one attached hydrogen (secondary N) is 2. The van der Waals surface area contributed by atoms with Gasteiger partial charge in [0, 0.05) is 24.7 Å². The predicted molar refractivity (Wildman–Crippen MR) is 83.3 cm³/mol. The van der Waals surface area contributed by atoms with Crippen LogP contribution >= 0.6 is 0 Å². The van der Waals surface area contributed by atoms with Crippen LogP contribution in [0.25, 0.3) is 0 Å². The number of carbonyl (C=O) groups is 2. The van der Waals surface area contributed by atoms with E-state index in [2.05, 4.69) is 16.7 Å². The molecular formula is C16H23N3O2. The first-order chi connectivity index (χ1) is 9.85. The van der Waals surface area contributed by atoms with Crippen molar-refractivity contribution in [3.8, 4) is 0 Å². The van der Waals surface area contributed by atoms with Crippen molar-refractivity contribution in [2.45, 2.75) is 46.2 Å². The average Bonchev–Trinajstić information content (AvgIpc) is 2.68. The van der Waals surface area contributed by atoms with Crippen molar-refractivity contribution in [2.24, 2.45) is 0 Å². The van der Waals surface area contributed by atoms with Crippen LogP contribution in [0.1, 0.15) is 31.4 Å². The Labute approximate surface area is 125 Å². The second-order valence-electron chi connectivity index (χ2n) is 6.02. The van der Waals surface area contributed by atoms with Gasteiger partial charge in [-0.15, -0.1) is 0 Å². The van der Waals surface area contributed by atoms with Crippen LogP contribution in [-0.4, -0.2) is 35.5 Å². The van der Waals surface area contributed by atoms with Crippen LogP contribution in [0.2, 0.25) is 0 Å². The number of rotatable bonds is 3. The van der Waals surface area contributed by atoms with E-state index in [4.69, 9.17) is 0 Å². The Bertz CT molecular complexity index is 534. The van der Waals surface area contributed by atoms with Crippen LogP contribution in [-0.2, 0) is 4.79 Å². The zero-order chi connectivity index (χ0) is 15.6. The van der Waals surface area contributed by atoms with Gasteiger partial charge in [0.25, 0.3) is 0 Å². The standard InChI is InChI=1S/C16H23N3O2/c1-10(2)19-9-14(8-15(19)20)18-16(21)17-13-6-11(3)5-12(4)7-13/h5-7,10,14H,8-9H2,1-4H3,(H2,17,18,21). The second-order valence-corrected chi connectivity index (χ2v) is 6.02. The molecule has 1 aromatic rings. The quantitative estimate of drug-likeness (QED) is 0.897. The van der Waals surface area contributed by atoms with Gasteiger partial charge in [-0.2, -0.15) is 0 Å². The number of benzene rings is 1. The van der Waals surface area contributed by atoms with E-state index >= 15 is 0 Å². The van der Waals surface area contributed by atoms with Gasteiger partial charge in [0.1, 0.15) is 0 Å². The number of hydrogen-bond acceptors (Lipinski definition) is 2. The molecular weight excluding hydrogens is 266 g/mol. The largest absolute Gasteiger partial charge is 0.338 e. The molecule has 2 N–H and O–H groups in total. The lowest BCUT2D eigenvalue weighted by atomic mass is 10.1. The van der Waals surface area contributed by atoms with E-state index in [0.29, 0.717) is 13.0 Å². The van der Waals surface area contributed by atoms with Crippen molar-refractivity contribution >= 4 is 17.6 Å². The molecule has 1 aromatic carbocycles. The maximum atomic E-state index is 12.0. The molecule has 1 fully saturated rings. The van der Waals surface area contributed by atoms with Gasteiger partial charge in [-0.3, -0.25) is 4.79 Å². The maximum absolute atomic E-state index is 12.0.